The molecular formula is C25H27BrFN3O5S2. The molecule has 0 radical (unpaired) electrons. The molecule has 1 N–H and O–H groups in total. The first-order valence-electron chi connectivity index (χ1n) is 11.6. The topological polar surface area (TPSA) is 105 Å². The van der Waals surface area contributed by atoms with E-state index in [2.05, 4.69) is 26.2 Å². The number of sulfone groups is 1. The molecule has 2 heterocycles. The van der Waals surface area contributed by atoms with Crippen LogP contribution >= 0.6 is 27.7 Å². The SMILES string of the molecule is CC(C)(C)OC(=O)N[C@H](Cc1ccccc1)C(=O)N=C1S[C@@H]2CS(=O)(=O)C[C@@H]2N1c1ccc(Br)cc1F. The van der Waals surface area contributed by atoms with E-state index in [4.69, 9.17) is 4.74 Å². The summed E-state index contributed by atoms with van der Waals surface area (Å²) in [5.41, 5.74) is 0.165. The maximum atomic E-state index is 15.0. The van der Waals surface area contributed by atoms with Crippen molar-refractivity contribution < 1.29 is 27.1 Å². The molecule has 2 aromatic carbocycles. The van der Waals surface area contributed by atoms with Crippen LogP contribution in [0.2, 0.25) is 0 Å². The second kappa shape index (κ2) is 10.7. The zero-order valence-electron chi connectivity index (χ0n) is 20.5. The maximum Gasteiger partial charge on any atom is 0.408 e. The van der Waals surface area contributed by atoms with Crippen LogP contribution in [-0.4, -0.2) is 60.0 Å². The number of carbonyl (C=O) groups is 2. The van der Waals surface area contributed by atoms with Crippen molar-refractivity contribution in [3.05, 3.63) is 64.4 Å². The van der Waals surface area contributed by atoms with Crippen molar-refractivity contribution in [2.24, 2.45) is 4.99 Å². The van der Waals surface area contributed by atoms with Gasteiger partial charge in [0.15, 0.2) is 15.0 Å². The average molecular weight is 613 g/mol. The first-order chi connectivity index (χ1) is 17.3. The molecule has 2 aliphatic heterocycles. The van der Waals surface area contributed by atoms with Gasteiger partial charge in [-0.1, -0.05) is 58.0 Å². The van der Waals surface area contributed by atoms with Gasteiger partial charge >= 0.3 is 6.09 Å². The molecule has 0 saturated carbocycles. The lowest BCUT2D eigenvalue weighted by molar-refractivity contribution is -0.119. The van der Waals surface area contributed by atoms with Crippen molar-refractivity contribution in [1.82, 2.24) is 5.32 Å². The van der Waals surface area contributed by atoms with Gasteiger partial charge < -0.3 is 15.0 Å². The van der Waals surface area contributed by atoms with Crippen LogP contribution in [0.1, 0.15) is 26.3 Å². The molecule has 2 aliphatic rings. The molecule has 0 aliphatic carbocycles. The fourth-order valence-corrected chi connectivity index (χ4v) is 8.44. The lowest BCUT2D eigenvalue weighted by Gasteiger charge is -2.26. The number of hydrogen-bond donors (Lipinski definition) is 1. The number of rotatable bonds is 5. The number of ether oxygens (including phenoxy) is 1. The second-order valence-electron chi connectivity index (χ2n) is 9.89. The number of carbonyl (C=O) groups excluding carboxylic acids is 2. The van der Waals surface area contributed by atoms with Gasteiger partial charge in [-0.05, 0) is 44.5 Å². The number of anilines is 1. The molecule has 2 amide bonds. The van der Waals surface area contributed by atoms with E-state index in [-0.39, 0.29) is 28.8 Å². The molecule has 2 fully saturated rings. The third kappa shape index (κ3) is 6.91. The van der Waals surface area contributed by atoms with Crippen molar-refractivity contribution in [2.75, 3.05) is 16.4 Å². The molecule has 37 heavy (non-hydrogen) atoms. The molecular weight excluding hydrogens is 585 g/mol. The Morgan fingerprint density at radius 1 is 1.22 bits per heavy atom. The molecule has 4 rings (SSSR count). The number of nitrogens with one attached hydrogen (secondary N) is 1. The summed E-state index contributed by atoms with van der Waals surface area (Å²) < 4.78 is 45.5. The van der Waals surface area contributed by atoms with Crippen LogP contribution in [0.25, 0.3) is 0 Å². The van der Waals surface area contributed by atoms with Crippen molar-refractivity contribution in [1.29, 1.82) is 0 Å². The molecule has 0 spiro atoms. The van der Waals surface area contributed by atoms with Crippen LogP contribution in [-0.2, 0) is 25.8 Å². The Balaban J connectivity index is 1.67. The van der Waals surface area contributed by atoms with E-state index in [9.17, 15) is 22.4 Å². The lowest BCUT2D eigenvalue weighted by Crippen LogP contribution is -2.45. The van der Waals surface area contributed by atoms with E-state index in [1.54, 1.807) is 26.8 Å². The summed E-state index contributed by atoms with van der Waals surface area (Å²) in [6.07, 6.45) is -0.603. The molecule has 0 aromatic heterocycles. The maximum absolute atomic E-state index is 15.0. The summed E-state index contributed by atoms with van der Waals surface area (Å²) in [5, 5.41) is 2.41. The van der Waals surface area contributed by atoms with Crippen LogP contribution < -0.4 is 10.2 Å². The number of thioether (sulfide) groups is 1. The third-order valence-electron chi connectivity index (χ3n) is 5.71. The number of nitrogens with zero attached hydrogens (tertiary/aromatic N) is 2. The number of fused-ring (bicyclic) bond motifs is 1. The second-order valence-corrected chi connectivity index (χ2v) is 14.2. The highest BCUT2D eigenvalue weighted by Gasteiger charge is 2.50. The number of amidine groups is 1. The minimum absolute atomic E-state index is 0.0895. The molecule has 198 valence electrons. The molecule has 8 nitrogen and oxygen atoms in total. The Bertz CT molecular complexity index is 1330. The number of halogens is 2. The monoisotopic (exact) mass is 611 g/mol. The molecule has 2 saturated heterocycles. The number of alkyl carbamates (subject to hydrolysis) is 1. The van der Waals surface area contributed by atoms with Gasteiger partial charge in [0.05, 0.1) is 23.2 Å². The normalized spacial score (nSPS) is 22.5. The Morgan fingerprint density at radius 3 is 2.57 bits per heavy atom. The zero-order valence-corrected chi connectivity index (χ0v) is 23.7. The van der Waals surface area contributed by atoms with Crippen LogP contribution in [0.4, 0.5) is 14.9 Å². The van der Waals surface area contributed by atoms with Crippen LogP contribution in [0.15, 0.2) is 58.0 Å². The van der Waals surface area contributed by atoms with Gasteiger partial charge in [-0.15, -0.1) is 0 Å². The number of benzene rings is 2. The summed E-state index contributed by atoms with van der Waals surface area (Å²) >= 11 is 4.37. The van der Waals surface area contributed by atoms with Gasteiger partial charge in [-0.25, -0.2) is 17.6 Å². The van der Waals surface area contributed by atoms with E-state index in [1.807, 2.05) is 30.3 Å². The van der Waals surface area contributed by atoms with Crippen LogP contribution in [0.3, 0.4) is 0 Å². The van der Waals surface area contributed by atoms with E-state index in [1.165, 1.54) is 17.0 Å². The van der Waals surface area contributed by atoms with E-state index >= 15 is 0 Å². The van der Waals surface area contributed by atoms with Gasteiger partial charge in [-0.2, -0.15) is 4.99 Å². The smallest absolute Gasteiger partial charge is 0.408 e. The number of hydrogen-bond acceptors (Lipinski definition) is 6. The average Bonchev–Trinajstić information content (AvgIpc) is 3.24. The summed E-state index contributed by atoms with van der Waals surface area (Å²) in [4.78, 5) is 31.8. The summed E-state index contributed by atoms with van der Waals surface area (Å²) in [6, 6.07) is 12.0. The Hall–Kier alpha value is -2.44. The fourth-order valence-electron chi connectivity index (χ4n) is 4.19. The fraction of sp³-hybridized carbons (Fsp3) is 0.400. The van der Waals surface area contributed by atoms with Gasteiger partial charge in [-0.3, -0.25) is 4.79 Å². The minimum atomic E-state index is -3.32. The molecule has 0 bridgehead atoms. The van der Waals surface area contributed by atoms with E-state index < -0.39 is 50.6 Å². The Kier molecular flexibility index (Phi) is 8.01. The van der Waals surface area contributed by atoms with Crippen molar-refractivity contribution in [3.8, 4) is 0 Å². The van der Waals surface area contributed by atoms with Gasteiger partial charge in [0.1, 0.15) is 17.5 Å². The van der Waals surface area contributed by atoms with Gasteiger partial charge in [0.2, 0.25) is 0 Å². The molecule has 0 unspecified atom stereocenters. The first-order valence-corrected chi connectivity index (χ1v) is 15.1. The largest absolute Gasteiger partial charge is 0.444 e. The van der Waals surface area contributed by atoms with Crippen molar-refractivity contribution in [3.63, 3.8) is 0 Å². The molecule has 3 atom stereocenters. The van der Waals surface area contributed by atoms with Crippen LogP contribution in [0, 0.1) is 5.82 Å². The van der Waals surface area contributed by atoms with Gasteiger partial charge in [0, 0.05) is 16.1 Å². The highest BCUT2D eigenvalue weighted by molar-refractivity contribution is 9.10. The predicted molar refractivity (Wildman–Crippen MR) is 146 cm³/mol. The minimum Gasteiger partial charge on any atom is -0.444 e. The zero-order chi connectivity index (χ0) is 27.0. The Morgan fingerprint density at radius 2 is 1.92 bits per heavy atom. The highest BCUT2D eigenvalue weighted by Crippen LogP contribution is 2.42. The molecule has 2 aromatic rings. The van der Waals surface area contributed by atoms with Crippen molar-refractivity contribution in [2.45, 2.75) is 50.1 Å². The highest BCUT2D eigenvalue weighted by atomic mass is 79.9. The predicted octanol–water partition coefficient (Wildman–Crippen LogP) is 4.33. The Labute approximate surface area is 228 Å². The van der Waals surface area contributed by atoms with Gasteiger partial charge in [0.25, 0.3) is 5.91 Å². The number of amides is 2. The van der Waals surface area contributed by atoms with E-state index in [0.717, 1.165) is 17.3 Å². The lowest BCUT2D eigenvalue weighted by atomic mass is 10.1. The quantitative estimate of drug-likeness (QED) is 0.536. The molecule has 12 heteroatoms. The summed E-state index contributed by atoms with van der Waals surface area (Å²) in [6.45, 7) is 5.15. The third-order valence-corrected chi connectivity index (χ3v) is 9.42. The summed E-state index contributed by atoms with van der Waals surface area (Å²) in [7, 11) is -3.32. The number of aliphatic imine (C=N–C) groups is 1. The first kappa shape index (κ1) is 27.6. The summed E-state index contributed by atoms with van der Waals surface area (Å²) in [5.74, 6) is -1.49. The standard InChI is InChI=1S/C25H27BrFN3O5S2/c1-25(2,3)35-24(32)28-18(11-15-7-5-4-6-8-15)22(31)29-23-30(19-10-9-16(26)12-17(19)27)20-13-37(33,34)14-21(20)36-23/h4-10,12,18,20-21H,11,13-14H2,1-3H3,(H,28,32)/t18-,20+,21-/m1/s1. The van der Waals surface area contributed by atoms with Crippen LogP contribution in [0.5, 0.6) is 0 Å². The van der Waals surface area contributed by atoms with Crippen molar-refractivity contribution >= 4 is 60.4 Å². The van der Waals surface area contributed by atoms with E-state index in [0.29, 0.717) is 4.47 Å².